The van der Waals surface area contributed by atoms with Crippen LogP contribution in [0.4, 0.5) is 10.1 Å². The number of hydrogen-bond acceptors (Lipinski definition) is 2. The topological polar surface area (TPSA) is 47.2 Å². The van der Waals surface area contributed by atoms with E-state index >= 15 is 0 Å². The summed E-state index contributed by atoms with van der Waals surface area (Å²) in [7, 11) is 0. The van der Waals surface area contributed by atoms with Gasteiger partial charge < -0.3 is 14.3 Å². The number of aromatic nitrogens is 1. The number of carbonyl (C=O) groups is 1. The Labute approximate surface area is 133 Å². The summed E-state index contributed by atoms with van der Waals surface area (Å²) in [5, 5.41) is 2.78. The SMILES string of the molecule is Cc1cc(C(=O)Nc2ccc(F)cc2)c(C)n1Cc1ccco1. The lowest BCUT2D eigenvalue weighted by Gasteiger charge is -2.08. The van der Waals surface area contributed by atoms with E-state index in [1.807, 2.05) is 36.6 Å². The molecule has 3 rings (SSSR count). The van der Waals surface area contributed by atoms with Crippen LogP contribution in [-0.4, -0.2) is 10.5 Å². The zero-order valence-corrected chi connectivity index (χ0v) is 13.0. The number of benzene rings is 1. The molecule has 1 aromatic carbocycles. The number of carbonyl (C=O) groups excluding carboxylic acids is 1. The van der Waals surface area contributed by atoms with E-state index in [0.717, 1.165) is 17.1 Å². The molecule has 2 aromatic heterocycles. The van der Waals surface area contributed by atoms with Gasteiger partial charge in [0.15, 0.2) is 0 Å². The highest BCUT2D eigenvalue weighted by Crippen LogP contribution is 2.19. The Balaban J connectivity index is 1.82. The van der Waals surface area contributed by atoms with Gasteiger partial charge in [0.05, 0.1) is 18.4 Å². The van der Waals surface area contributed by atoms with Crippen molar-refractivity contribution in [3.63, 3.8) is 0 Å². The first-order chi connectivity index (χ1) is 11.0. The van der Waals surface area contributed by atoms with Crippen LogP contribution in [0.25, 0.3) is 0 Å². The number of halogens is 1. The fourth-order valence-corrected chi connectivity index (χ4v) is 2.56. The van der Waals surface area contributed by atoms with Gasteiger partial charge in [-0.15, -0.1) is 0 Å². The third-order valence-corrected chi connectivity index (χ3v) is 3.81. The minimum absolute atomic E-state index is 0.213. The second kappa shape index (κ2) is 6.12. The van der Waals surface area contributed by atoms with Gasteiger partial charge in [0.1, 0.15) is 11.6 Å². The summed E-state index contributed by atoms with van der Waals surface area (Å²) < 4.78 is 20.3. The summed E-state index contributed by atoms with van der Waals surface area (Å²) in [6.07, 6.45) is 1.63. The monoisotopic (exact) mass is 312 g/mol. The summed E-state index contributed by atoms with van der Waals surface area (Å²) in [4.78, 5) is 12.4. The average Bonchev–Trinajstić information content (AvgIpc) is 3.13. The van der Waals surface area contributed by atoms with Crippen LogP contribution in [0.1, 0.15) is 27.5 Å². The van der Waals surface area contributed by atoms with Crippen molar-refractivity contribution in [2.45, 2.75) is 20.4 Å². The van der Waals surface area contributed by atoms with Gasteiger partial charge in [-0.2, -0.15) is 0 Å². The molecule has 0 saturated heterocycles. The Morgan fingerprint density at radius 3 is 2.61 bits per heavy atom. The summed E-state index contributed by atoms with van der Waals surface area (Å²) >= 11 is 0. The average molecular weight is 312 g/mol. The molecular formula is C18H17FN2O2. The molecule has 1 amide bonds. The van der Waals surface area contributed by atoms with Crippen molar-refractivity contribution in [1.29, 1.82) is 0 Å². The van der Waals surface area contributed by atoms with Crippen LogP contribution in [0, 0.1) is 19.7 Å². The minimum atomic E-state index is -0.334. The molecule has 0 bridgehead atoms. The van der Waals surface area contributed by atoms with Crippen molar-refractivity contribution in [1.82, 2.24) is 4.57 Å². The summed E-state index contributed by atoms with van der Waals surface area (Å²) in [5.41, 5.74) is 2.99. The van der Waals surface area contributed by atoms with Gasteiger partial charge in [0, 0.05) is 17.1 Å². The molecule has 0 fully saturated rings. The fraction of sp³-hybridized carbons (Fsp3) is 0.167. The van der Waals surface area contributed by atoms with Gasteiger partial charge in [-0.1, -0.05) is 0 Å². The minimum Gasteiger partial charge on any atom is -0.467 e. The van der Waals surface area contributed by atoms with Gasteiger partial charge >= 0.3 is 0 Å². The Hall–Kier alpha value is -2.82. The first-order valence-electron chi connectivity index (χ1n) is 7.30. The molecule has 1 N–H and O–H groups in total. The number of aryl methyl sites for hydroxylation is 1. The van der Waals surface area contributed by atoms with E-state index in [-0.39, 0.29) is 11.7 Å². The van der Waals surface area contributed by atoms with Crippen LogP contribution in [0.3, 0.4) is 0 Å². The maximum atomic E-state index is 12.9. The highest BCUT2D eigenvalue weighted by Gasteiger charge is 2.16. The van der Waals surface area contributed by atoms with E-state index in [4.69, 9.17) is 4.42 Å². The number of furan rings is 1. The van der Waals surface area contributed by atoms with Crippen LogP contribution in [0.2, 0.25) is 0 Å². The molecule has 2 heterocycles. The second-order valence-corrected chi connectivity index (χ2v) is 5.41. The van der Waals surface area contributed by atoms with E-state index in [0.29, 0.717) is 17.8 Å². The lowest BCUT2D eigenvalue weighted by atomic mass is 10.2. The van der Waals surface area contributed by atoms with E-state index < -0.39 is 0 Å². The quantitative estimate of drug-likeness (QED) is 0.787. The van der Waals surface area contributed by atoms with Crippen LogP contribution in [0.5, 0.6) is 0 Å². The summed E-state index contributed by atoms with van der Waals surface area (Å²) in [5.74, 6) is 0.285. The van der Waals surface area contributed by atoms with Gasteiger partial charge in [0.2, 0.25) is 0 Å². The molecule has 0 aliphatic heterocycles. The smallest absolute Gasteiger partial charge is 0.257 e. The molecule has 0 unspecified atom stereocenters. The molecule has 0 radical (unpaired) electrons. The number of nitrogens with zero attached hydrogens (tertiary/aromatic N) is 1. The molecule has 3 aromatic rings. The number of rotatable bonds is 4. The maximum absolute atomic E-state index is 12.9. The van der Waals surface area contributed by atoms with Crippen LogP contribution in [0.15, 0.2) is 53.1 Å². The summed E-state index contributed by atoms with van der Waals surface area (Å²) in [6.45, 7) is 4.43. The Morgan fingerprint density at radius 2 is 1.96 bits per heavy atom. The molecule has 0 aliphatic rings. The predicted octanol–water partition coefficient (Wildman–Crippen LogP) is 4.14. The van der Waals surface area contributed by atoms with E-state index in [1.54, 1.807) is 6.26 Å². The molecular weight excluding hydrogens is 295 g/mol. The van der Waals surface area contributed by atoms with Gasteiger partial charge in [-0.3, -0.25) is 4.79 Å². The first-order valence-corrected chi connectivity index (χ1v) is 7.30. The Kier molecular flexibility index (Phi) is 4.02. The van der Waals surface area contributed by atoms with Gasteiger partial charge in [0.25, 0.3) is 5.91 Å². The van der Waals surface area contributed by atoms with Crippen molar-refractivity contribution in [3.8, 4) is 0 Å². The fourth-order valence-electron chi connectivity index (χ4n) is 2.56. The standard InChI is InChI=1S/C18H17FN2O2/c1-12-10-17(13(2)21(12)11-16-4-3-9-23-16)18(22)20-15-7-5-14(19)6-8-15/h3-10H,11H2,1-2H3,(H,20,22). The Morgan fingerprint density at radius 1 is 1.22 bits per heavy atom. The number of anilines is 1. The lowest BCUT2D eigenvalue weighted by molar-refractivity contribution is 0.102. The molecule has 4 nitrogen and oxygen atoms in total. The van der Waals surface area contributed by atoms with Crippen LogP contribution < -0.4 is 5.32 Å². The maximum Gasteiger partial charge on any atom is 0.257 e. The molecule has 0 atom stereocenters. The van der Waals surface area contributed by atoms with Crippen molar-refractivity contribution in [3.05, 3.63) is 77.3 Å². The normalized spacial score (nSPS) is 10.7. The largest absolute Gasteiger partial charge is 0.467 e. The second-order valence-electron chi connectivity index (χ2n) is 5.41. The van der Waals surface area contributed by atoms with Crippen molar-refractivity contribution < 1.29 is 13.6 Å². The predicted molar refractivity (Wildman–Crippen MR) is 86.1 cm³/mol. The molecule has 5 heteroatoms. The third kappa shape index (κ3) is 3.18. The third-order valence-electron chi connectivity index (χ3n) is 3.81. The summed E-state index contributed by atoms with van der Waals surface area (Å²) in [6, 6.07) is 11.3. The molecule has 118 valence electrons. The number of nitrogens with one attached hydrogen (secondary N) is 1. The van der Waals surface area contributed by atoms with Crippen molar-refractivity contribution in [2.75, 3.05) is 5.32 Å². The van der Waals surface area contributed by atoms with Gasteiger partial charge in [-0.25, -0.2) is 4.39 Å². The molecule has 0 saturated carbocycles. The number of hydrogen-bond donors (Lipinski definition) is 1. The number of amides is 1. The van der Waals surface area contributed by atoms with E-state index in [2.05, 4.69) is 5.32 Å². The highest BCUT2D eigenvalue weighted by atomic mass is 19.1. The zero-order valence-electron chi connectivity index (χ0n) is 13.0. The van der Waals surface area contributed by atoms with E-state index in [1.165, 1.54) is 24.3 Å². The molecule has 23 heavy (non-hydrogen) atoms. The van der Waals surface area contributed by atoms with E-state index in [9.17, 15) is 9.18 Å². The molecule has 0 aliphatic carbocycles. The molecule has 0 spiro atoms. The Bertz CT molecular complexity index is 818. The lowest BCUT2D eigenvalue weighted by Crippen LogP contribution is -2.13. The van der Waals surface area contributed by atoms with Crippen molar-refractivity contribution in [2.24, 2.45) is 0 Å². The van der Waals surface area contributed by atoms with Gasteiger partial charge in [-0.05, 0) is 56.3 Å². The van der Waals surface area contributed by atoms with Crippen LogP contribution in [-0.2, 0) is 6.54 Å². The van der Waals surface area contributed by atoms with Crippen LogP contribution >= 0.6 is 0 Å². The van der Waals surface area contributed by atoms with Crippen molar-refractivity contribution >= 4 is 11.6 Å². The first kappa shape index (κ1) is 15.1. The zero-order chi connectivity index (χ0) is 16.4. The highest BCUT2D eigenvalue weighted by molar-refractivity contribution is 6.05.